The molecule has 2 saturated heterocycles. The van der Waals surface area contributed by atoms with Crippen molar-refractivity contribution in [2.24, 2.45) is 0 Å². The number of urea groups is 1. The van der Waals surface area contributed by atoms with Crippen molar-refractivity contribution in [3.63, 3.8) is 0 Å². The average Bonchev–Trinajstić information content (AvgIpc) is 2.84. The second kappa shape index (κ2) is 11.0. The van der Waals surface area contributed by atoms with Crippen LogP contribution in [0.4, 0.5) is 9.18 Å². The van der Waals surface area contributed by atoms with Gasteiger partial charge in [0.1, 0.15) is 18.2 Å². The van der Waals surface area contributed by atoms with Crippen LogP contribution in [0.2, 0.25) is 0 Å². The fourth-order valence-corrected chi connectivity index (χ4v) is 4.81. The van der Waals surface area contributed by atoms with Gasteiger partial charge in [-0.3, -0.25) is 9.59 Å². The van der Waals surface area contributed by atoms with E-state index in [0.717, 1.165) is 5.56 Å². The highest BCUT2D eigenvalue weighted by atomic mass is 19.1. The van der Waals surface area contributed by atoms with Gasteiger partial charge in [-0.2, -0.15) is 0 Å². The molecule has 2 aromatic carbocycles. The Bertz CT molecular complexity index is 1090. The third-order valence-electron chi connectivity index (χ3n) is 6.52. The number of fused-ring (bicyclic) bond motifs is 1. The first-order chi connectivity index (χ1) is 17.2. The number of carbonyl (C=O) groups excluding carboxylic acids is 2. The standard InChI is InChI=1S/C25H30FN5O5/c1-28-16-22(32)30-20(11-12-23(33)34)24(35)29(14-18-5-3-2-4-6-18)15-21(30)31(28)25(36)27-13-17-7-9-19(26)10-8-17/h2-10,20-22,32H,11-16H2,1H3,(H,27,36)(H,33,34)/t20-,21-,22?/m0/s1. The lowest BCUT2D eigenvalue weighted by molar-refractivity contribution is -0.224. The Morgan fingerprint density at radius 3 is 2.42 bits per heavy atom. The van der Waals surface area contributed by atoms with Crippen LogP contribution in [-0.2, 0) is 22.7 Å². The Hall–Kier alpha value is -3.54. The normalized spacial score (nSPS) is 22.9. The van der Waals surface area contributed by atoms with Gasteiger partial charge in [-0.1, -0.05) is 42.5 Å². The van der Waals surface area contributed by atoms with Crippen LogP contribution in [0.25, 0.3) is 0 Å². The van der Waals surface area contributed by atoms with Gasteiger partial charge in [0.2, 0.25) is 5.91 Å². The summed E-state index contributed by atoms with van der Waals surface area (Å²) in [5, 5.41) is 26.0. The summed E-state index contributed by atoms with van der Waals surface area (Å²) < 4.78 is 13.2. The summed E-state index contributed by atoms with van der Waals surface area (Å²) in [4.78, 5) is 41.2. The van der Waals surface area contributed by atoms with Crippen molar-refractivity contribution in [1.29, 1.82) is 0 Å². The van der Waals surface area contributed by atoms with E-state index in [2.05, 4.69) is 5.32 Å². The molecule has 192 valence electrons. The molecular weight excluding hydrogens is 469 g/mol. The summed E-state index contributed by atoms with van der Waals surface area (Å²) in [7, 11) is 1.67. The number of halogens is 1. The number of nitrogens with zero attached hydrogens (tertiary/aromatic N) is 4. The van der Waals surface area contributed by atoms with Gasteiger partial charge in [0.25, 0.3) is 0 Å². The molecule has 0 aliphatic carbocycles. The number of hydrazine groups is 1. The number of piperazine rings is 1. The van der Waals surface area contributed by atoms with Crippen LogP contribution in [0.15, 0.2) is 54.6 Å². The molecule has 10 nitrogen and oxygen atoms in total. The Kier molecular flexibility index (Phi) is 7.82. The largest absolute Gasteiger partial charge is 0.481 e. The van der Waals surface area contributed by atoms with Crippen molar-refractivity contribution in [3.8, 4) is 0 Å². The van der Waals surface area contributed by atoms with E-state index in [0.29, 0.717) is 12.1 Å². The van der Waals surface area contributed by atoms with Crippen LogP contribution in [0, 0.1) is 5.82 Å². The number of carboxylic acids is 1. The van der Waals surface area contributed by atoms with E-state index in [4.69, 9.17) is 0 Å². The van der Waals surface area contributed by atoms with Crippen molar-refractivity contribution in [1.82, 2.24) is 25.1 Å². The summed E-state index contributed by atoms with van der Waals surface area (Å²) in [5.41, 5.74) is 1.61. The predicted molar refractivity (Wildman–Crippen MR) is 127 cm³/mol. The number of aliphatic hydroxyl groups excluding tert-OH is 1. The molecule has 2 aliphatic rings. The predicted octanol–water partition coefficient (Wildman–Crippen LogP) is 1.42. The summed E-state index contributed by atoms with van der Waals surface area (Å²) >= 11 is 0. The zero-order chi connectivity index (χ0) is 25.8. The second-order valence-corrected chi connectivity index (χ2v) is 9.03. The van der Waals surface area contributed by atoms with Crippen molar-refractivity contribution in [2.45, 2.75) is 44.4 Å². The highest BCUT2D eigenvalue weighted by molar-refractivity contribution is 5.84. The van der Waals surface area contributed by atoms with E-state index < -0.39 is 30.4 Å². The van der Waals surface area contributed by atoms with E-state index >= 15 is 0 Å². The number of hydrogen-bond donors (Lipinski definition) is 3. The lowest BCUT2D eigenvalue weighted by Gasteiger charge is -2.56. The van der Waals surface area contributed by atoms with Crippen LogP contribution in [0.1, 0.15) is 24.0 Å². The number of aliphatic hydroxyl groups is 1. The highest BCUT2D eigenvalue weighted by Gasteiger charge is 2.51. The van der Waals surface area contributed by atoms with Crippen molar-refractivity contribution < 1.29 is 29.0 Å². The zero-order valence-electron chi connectivity index (χ0n) is 20.0. The van der Waals surface area contributed by atoms with Crippen LogP contribution in [0.5, 0.6) is 0 Å². The second-order valence-electron chi connectivity index (χ2n) is 9.03. The molecule has 3 atom stereocenters. The maximum absolute atomic E-state index is 13.5. The molecule has 36 heavy (non-hydrogen) atoms. The van der Waals surface area contributed by atoms with E-state index in [9.17, 15) is 29.0 Å². The number of likely N-dealkylation sites (N-methyl/N-ethyl adjacent to an activating group) is 1. The molecule has 3 amide bonds. The van der Waals surface area contributed by atoms with E-state index in [1.807, 2.05) is 30.3 Å². The Balaban J connectivity index is 1.59. The smallest absolute Gasteiger partial charge is 0.333 e. The van der Waals surface area contributed by atoms with Gasteiger partial charge in [-0.05, 0) is 29.7 Å². The molecule has 2 aliphatic heterocycles. The summed E-state index contributed by atoms with van der Waals surface area (Å²) in [5.74, 6) is -1.70. The number of nitrogens with one attached hydrogen (secondary N) is 1. The minimum Gasteiger partial charge on any atom is -0.481 e. The highest BCUT2D eigenvalue weighted by Crippen LogP contribution is 2.30. The van der Waals surface area contributed by atoms with Gasteiger partial charge in [0, 0.05) is 26.6 Å². The van der Waals surface area contributed by atoms with E-state index in [-0.39, 0.29) is 44.2 Å². The van der Waals surface area contributed by atoms with E-state index in [1.54, 1.807) is 34.0 Å². The molecule has 0 bridgehead atoms. The van der Waals surface area contributed by atoms with Crippen LogP contribution < -0.4 is 5.32 Å². The van der Waals surface area contributed by atoms with Gasteiger partial charge in [0.15, 0.2) is 0 Å². The molecule has 0 spiro atoms. The topological polar surface area (TPSA) is 117 Å². The van der Waals surface area contributed by atoms with Crippen LogP contribution in [0.3, 0.4) is 0 Å². The number of carbonyl (C=O) groups is 3. The molecular formula is C25H30FN5O5. The maximum Gasteiger partial charge on any atom is 0.333 e. The molecule has 0 saturated carbocycles. The van der Waals surface area contributed by atoms with Gasteiger partial charge >= 0.3 is 12.0 Å². The minimum absolute atomic E-state index is 0.00176. The average molecular weight is 500 g/mol. The molecule has 1 unspecified atom stereocenters. The van der Waals surface area contributed by atoms with Gasteiger partial charge < -0.3 is 20.4 Å². The number of carboxylic acid groups (broad SMARTS) is 1. The first-order valence-electron chi connectivity index (χ1n) is 11.8. The lowest BCUT2D eigenvalue weighted by Crippen LogP contribution is -2.76. The fourth-order valence-electron chi connectivity index (χ4n) is 4.81. The van der Waals surface area contributed by atoms with Crippen molar-refractivity contribution in [3.05, 3.63) is 71.5 Å². The molecule has 11 heteroatoms. The van der Waals surface area contributed by atoms with E-state index in [1.165, 1.54) is 17.1 Å². The van der Waals surface area contributed by atoms with Gasteiger partial charge in [0.05, 0.1) is 19.1 Å². The zero-order valence-corrected chi connectivity index (χ0v) is 20.0. The number of rotatable bonds is 7. The molecule has 2 fully saturated rings. The Morgan fingerprint density at radius 2 is 1.75 bits per heavy atom. The minimum atomic E-state index is -1.07. The first kappa shape index (κ1) is 25.5. The van der Waals surface area contributed by atoms with Crippen molar-refractivity contribution in [2.75, 3.05) is 20.1 Å². The van der Waals surface area contributed by atoms with Crippen LogP contribution in [-0.4, -0.2) is 86.5 Å². The lowest BCUT2D eigenvalue weighted by atomic mass is 10.0. The number of amides is 3. The third kappa shape index (κ3) is 5.64. The fraction of sp³-hybridized carbons (Fsp3) is 0.400. The number of aliphatic carboxylic acids is 1. The maximum atomic E-state index is 13.5. The van der Waals surface area contributed by atoms with Crippen LogP contribution >= 0.6 is 0 Å². The summed E-state index contributed by atoms with van der Waals surface area (Å²) in [6.07, 6.45) is -2.03. The molecule has 2 heterocycles. The SMILES string of the molecule is CN1CC(O)N2[C@@H](CCC(=O)O)C(=O)N(Cc3ccccc3)C[C@@H]2N1C(=O)NCc1ccc(F)cc1. The molecule has 2 aromatic rings. The molecule has 0 aromatic heterocycles. The first-order valence-corrected chi connectivity index (χ1v) is 11.8. The summed E-state index contributed by atoms with van der Waals surface area (Å²) in [6, 6.07) is 13.8. The molecule has 0 radical (unpaired) electrons. The molecule has 3 N–H and O–H groups in total. The summed E-state index contributed by atoms with van der Waals surface area (Å²) in [6.45, 7) is 0.630. The number of β-amino-alcohol motifs (C(OH)–C–C–N with tert-alkyl or cyclic N) is 1. The monoisotopic (exact) mass is 499 g/mol. The van der Waals surface area contributed by atoms with Gasteiger partial charge in [-0.25, -0.2) is 24.1 Å². The van der Waals surface area contributed by atoms with Crippen molar-refractivity contribution >= 4 is 17.9 Å². The number of hydrogen-bond acceptors (Lipinski definition) is 6. The van der Waals surface area contributed by atoms with Gasteiger partial charge in [-0.15, -0.1) is 0 Å². The quantitative estimate of drug-likeness (QED) is 0.528. The Labute approximate surface area is 208 Å². The number of benzene rings is 2. The molecule has 4 rings (SSSR count). The Morgan fingerprint density at radius 1 is 1.06 bits per heavy atom. The third-order valence-corrected chi connectivity index (χ3v) is 6.52.